The Morgan fingerprint density at radius 3 is 2.15 bits per heavy atom. The Morgan fingerprint density at radius 2 is 1.60 bits per heavy atom. The fourth-order valence-corrected chi connectivity index (χ4v) is 3.96. The minimum Gasteiger partial charge on any atom is -0.352 e. The molecule has 2 fully saturated rings. The van der Waals surface area contributed by atoms with Crippen LogP contribution in [0.5, 0.6) is 0 Å². The zero-order valence-corrected chi connectivity index (χ0v) is 13.8. The molecule has 1 aliphatic heterocycles. The Balaban J connectivity index is 1.73. The molecule has 0 atom stereocenters. The smallest absolute Gasteiger partial charge is 0.157 e. The molecule has 0 N–H and O–H groups in total. The van der Waals surface area contributed by atoms with E-state index >= 15 is 0 Å². The van der Waals surface area contributed by atoms with Crippen molar-refractivity contribution in [3.8, 4) is 0 Å². The van der Waals surface area contributed by atoms with Crippen molar-refractivity contribution in [3.63, 3.8) is 0 Å². The third-order valence-electron chi connectivity index (χ3n) is 5.58. The van der Waals surface area contributed by atoms with Crippen LogP contribution in [0.4, 0.5) is 0 Å². The van der Waals surface area contributed by atoms with Gasteiger partial charge in [-0.05, 0) is 31.1 Å². The lowest BCUT2D eigenvalue weighted by Crippen LogP contribution is -2.45. The zero-order valence-electron chi connectivity index (χ0n) is 13.8. The second-order valence-corrected chi connectivity index (χ2v) is 7.33. The highest BCUT2D eigenvalue weighted by Gasteiger charge is 2.40. The third kappa shape index (κ3) is 4.21. The van der Waals surface area contributed by atoms with E-state index in [-0.39, 0.29) is 11.7 Å². The van der Waals surface area contributed by atoms with E-state index in [1.807, 2.05) is 0 Å². The van der Waals surface area contributed by atoms with Gasteiger partial charge in [0, 0.05) is 5.41 Å². The second kappa shape index (κ2) is 7.79. The van der Waals surface area contributed by atoms with Crippen molar-refractivity contribution in [2.45, 2.75) is 84.8 Å². The van der Waals surface area contributed by atoms with Crippen LogP contribution >= 0.6 is 0 Å². The Labute approximate surface area is 125 Å². The Morgan fingerprint density at radius 1 is 0.950 bits per heavy atom. The van der Waals surface area contributed by atoms with Crippen LogP contribution in [0, 0.1) is 17.3 Å². The summed E-state index contributed by atoms with van der Waals surface area (Å²) in [5.74, 6) is 1.80. The van der Waals surface area contributed by atoms with Crippen molar-refractivity contribution in [2.24, 2.45) is 17.3 Å². The minimum atomic E-state index is 0.0495. The first-order valence-electron chi connectivity index (χ1n) is 8.91. The number of hydrogen-bond donors (Lipinski definition) is 0. The largest absolute Gasteiger partial charge is 0.352 e. The van der Waals surface area contributed by atoms with Gasteiger partial charge in [0.25, 0.3) is 0 Å². The zero-order chi connectivity index (χ0) is 14.4. The molecule has 0 radical (unpaired) electrons. The van der Waals surface area contributed by atoms with E-state index in [9.17, 15) is 0 Å². The SMILES string of the molecule is CCCCCC1CCC(C2(C)COC(CC)OC2)CC1. The molecule has 20 heavy (non-hydrogen) atoms. The normalized spacial score (nSPS) is 38.9. The van der Waals surface area contributed by atoms with E-state index in [0.717, 1.165) is 31.5 Å². The molecule has 0 unspecified atom stereocenters. The maximum atomic E-state index is 5.88. The van der Waals surface area contributed by atoms with E-state index in [1.165, 1.54) is 51.4 Å². The van der Waals surface area contributed by atoms with Crippen LogP contribution in [-0.4, -0.2) is 19.5 Å². The highest BCUT2D eigenvalue weighted by molar-refractivity contribution is 4.88. The molecule has 1 saturated carbocycles. The molecule has 0 aromatic carbocycles. The Bertz CT molecular complexity index is 261. The van der Waals surface area contributed by atoms with Gasteiger partial charge in [0.05, 0.1) is 13.2 Å². The maximum absolute atomic E-state index is 5.88. The fourth-order valence-electron chi connectivity index (χ4n) is 3.96. The molecular weight excluding hydrogens is 248 g/mol. The van der Waals surface area contributed by atoms with Gasteiger partial charge in [-0.3, -0.25) is 0 Å². The van der Waals surface area contributed by atoms with E-state index in [2.05, 4.69) is 20.8 Å². The molecule has 1 saturated heterocycles. The molecule has 118 valence electrons. The lowest BCUT2D eigenvalue weighted by molar-refractivity contribution is -0.239. The fraction of sp³-hybridized carbons (Fsp3) is 1.00. The van der Waals surface area contributed by atoms with Crippen LogP contribution < -0.4 is 0 Å². The summed E-state index contributed by atoms with van der Waals surface area (Å²) < 4.78 is 11.8. The summed E-state index contributed by atoms with van der Waals surface area (Å²) in [5, 5.41) is 0. The van der Waals surface area contributed by atoms with E-state index in [0.29, 0.717) is 0 Å². The first-order valence-corrected chi connectivity index (χ1v) is 8.91. The van der Waals surface area contributed by atoms with Gasteiger partial charge in [-0.25, -0.2) is 0 Å². The summed E-state index contributed by atoms with van der Waals surface area (Å²) in [6.07, 6.45) is 12.3. The van der Waals surface area contributed by atoms with Crippen LogP contribution in [0.25, 0.3) is 0 Å². The molecule has 2 aliphatic rings. The number of unbranched alkanes of at least 4 members (excludes halogenated alkanes) is 2. The van der Waals surface area contributed by atoms with Gasteiger partial charge in [-0.2, -0.15) is 0 Å². The van der Waals surface area contributed by atoms with Crippen molar-refractivity contribution < 1.29 is 9.47 Å². The summed E-state index contributed by atoms with van der Waals surface area (Å²) in [7, 11) is 0. The summed E-state index contributed by atoms with van der Waals surface area (Å²) in [6, 6.07) is 0. The summed E-state index contributed by atoms with van der Waals surface area (Å²) in [4.78, 5) is 0. The van der Waals surface area contributed by atoms with E-state index in [1.54, 1.807) is 0 Å². The predicted octanol–water partition coefficient (Wildman–Crippen LogP) is 5.16. The molecule has 0 amide bonds. The molecular formula is C18H34O2. The van der Waals surface area contributed by atoms with Gasteiger partial charge in [0.2, 0.25) is 0 Å². The monoisotopic (exact) mass is 282 g/mol. The molecule has 0 spiro atoms. The van der Waals surface area contributed by atoms with Crippen molar-refractivity contribution in [2.75, 3.05) is 13.2 Å². The first kappa shape index (κ1) is 16.3. The maximum Gasteiger partial charge on any atom is 0.157 e. The quantitative estimate of drug-likeness (QED) is 0.626. The standard InChI is InChI=1S/C18H34O2/c1-4-6-7-8-15-9-11-16(12-10-15)18(3)13-19-17(5-2)20-14-18/h15-17H,4-14H2,1-3H3. The van der Waals surface area contributed by atoms with Crippen LogP contribution in [-0.2, 0) is 9.47 Å². The minimum absolute atomic E-state index is 0.0495. The molecule has 0 bridgehead atoms. The average Bonchev–Trinajstić information content (AvgIpc) is 2.49. The van der Waals surface area contributed by atoms with Gasteiger partial charge in [-0.15, -0.1) is 0 Å². The summed E-state index contributed by atoms with van der Waals surface area (Å²) >= 11 is 0. The average molecular weight is 282 g/mol. The molecule has 2 heteroatoms. The Hall–Kier alpha value is -0.0800. The predicted molar refractivity (Wildman–Crippen MR) is 83.7 cm³/mol. The Kier molecular flexibility index (Phi) is 6.35. The lowest BCUT2D eigenvalue weighted by atomic mass is 9.67. The first-order chi connectivity index (χ1) is 9.68. The topological polar surface area (TPSA) is 18.5 Å². The van der Waals surface area contributed by atoms with E-state index < -0.39 is 0 Å². The number of hydrogen-bond acceptors (Lipinski definition) is 2. The van der Waals surface area contributed by atoms with Gasteiger partial charge >= 0.3 is 0 Å². The van der Waals surface area contributed by atoms with Crippen molar-refractivity contribution in [1.29, 1.82) is 0 Å². The van der Waals surface area contributed by atoms with Crippen LogP contribution in [0.3, 0.4) is 0 Å². The van der Waals surface area contributed by atoms with Crippen LogP contribution in [0.1, 0.15) is 78.6 Å². The van der Waals surface area contributed by atoms with Crippen LogP contribution in [0.2, 0.25) is 0 Å². The van der Waals surface area contributed by atoms with Gasteiger partial charge < -0.3 is 9.47 Å². The highest BCUT2D eigenvalue weighted by atomic mass is 16.7. The molecule has 1 aliphatic carbocycles. The van der Waals surface area contributed by atoms with Crippen molar-refractivity contribution in [1.82, 2.24) is 0 Å². The number of ether oxygens (including phenoxy) is 2. The second-order valence-electron chi connectivity index (χ2n) is 7.33. The van der Waals surface area contributed by atoms with Gasteiger partial charge in [0.15, 0.2) is 6.29 Å². The van der Waals surface area contributed by atoms with Crippen molar-refractivity contribution in [3.05, 3.63) is 0 Å². The molecule has 1 heterocycles. The number of rotatable bonds is 6. The van der Waals surface area contributed by atoms with Gasteiger partial charge in [0.1, 0.15) is 0 Å². The summed E-state index contributed by atoms with van der Waals surface area (Å²) in [5.41, 5.74) is 0.264. The lowest BCUT2D eigenvalue weighted by Gasteiger charge is -2.45. The van der Waals surface area contributed by atoms with Crippen LogP contribution in [0.15, 0.2) is 0 Å². The summed E-state index contributed by atoms with van der Waals surface area (Å²) in [6.45, 7) is 8.60. The third-order valence-corrected chi connectivity index (χ3v) is 5.58. The molecule has 0 aromatic heterocycles. The van der Waals surface area contributed by atoms with E-state index in [4.69, 9.17) is 9.47 Å². The molecule has 2 nitrogen and oxygen atoms in total. The van der Waals surface area contributed by atoms with Crippen molar-refractivity contribution >= 4 is 0 Å². The molecule has 0 aromatic rings. The van der Waals surface area contributed by atoms with Gasteiger partial charge in [-0.1, -0.05) is 59.3 Å². The molecule has 2 rings (SSSR count). The highest BCUT2D eigenvalue weighted by Crippen LogP contribution is 2.43.